The van der Waals surface area contributed by atoms with Crippen LogP contribution < -0.4 is 15.2 Å². The Morgan fingerprint density at radius 3 is 2.13 bits per heavy atom. The molecule has 0 unspecified atom stereocenters. The van der Waals surface area contributed by atoms with Gasteiger partial charge in [0.25, 0.3) is 0 Å². The van der Waals surface area contributed by atoms with E-state index in [0.717, 1.165) is 0 Å². The topological polar surface area (TPSA) is 108 Å². The minimum absolute atomic E-state index is 0.0298. The highest BCUT2D eigenvalue weighted by molar-refractivity contribution is 5.72. The maximum Gasteiger partial charge on any atom is 0.308 e. The highest BCUT2D eigenvalue weighted by Crippen LogP contribution is 2.25. The van der Waals surface area contributed by atoms with Crippen LogP contribution in [0.2, 0.25) is 0 Å². The second kappa shape index (κ2) is 4.45. The lowest BCUT2D eigenvalue weighted by molar-refractivity contribution is -0.136. The van der Waals surface area contributed by atoms with E-state index >= 15 is 0 Å². The summed E-state index contributed by atoms with van der Waals surface area (Å²) in [4.78, 5) is 18.1. The fourth-order valence-corrected chi connectivity index (χ4v) is 1.10. The van der Waals surface area contributed by atoms with Gasteiger partial charge in [-0.2, -0.15) is 9.97 Å². The average molecular weight is 213 g/mol. The van der Waals surface area contributed by atoms with Crippen molar-refractivity contribution in [3.05, 3.63) is 5.56 Å². The lowest BCUT2D eigenvalue weighted by atomic mass is 10.2. The number of nitrogens with two attached hydrogens (primary N) is 1. The van der Waals surface area contributed by atoms with E-state index in [-0.39, 0.29) is 29.7 Å². The summed E-state index contributed by atoms with van der Waals surface area (Å²) < 4.78 is 9.79. The number of carboxylic acid groups (broad SMARTS) is 1. The number of anilines is 1. The number of nitrogens with zero attached hydrogens (tertiary/aromatic N) is 2. The Labute approximate surface area is 85.9 Å². The molecule has 0 aliphatic carbocycles. The molecule has 0 amide bonds. The van der Waals surface area contributed by atoms with Crippen molar-refractivity contribution in [2.45, 2.75) is 6.42 Å². The minimum atomic E-state index is -1.03. The van der Waals surface area contributed by atoms with Crippen LogP contribution in [0.25, 0.3) is 0 Å². The summed E-state index contributed by atoms with van der Waals surface area (Å²) in [6, 6.07) is 0. The number of ether oxygens (including phenoxy) is 2. The molecule has 0 spiro atoms. The van der Waals surface area contributed by atoms with Crippen LogP contribution in [0.3, 0.4) is 0 Å². The van der Waals surface area contributed by atoms with Gasteiger partial charge in [0.2, 0.25) is 17.7 Å². The Bertz CT molecular complexity index is 355. The molecule has 0 radical (unpaired) electrons. The van der Waals surface area contributed by atoms with Gasteiger partial charge in [-0.25, -0.2) is 0 Å². The molecule has 3 N–H and O–H groups in total. The van der Waals surface area contributed by atoms with Crippen molar-refractivity contribution >= 4 is 11.9 Å². The molecule has 7 heteroatoms. The molecule has 1 aromatic rings. The number of methoxy groups -OCH3 is 2. The van der Waals surface area contributed by atoms with E-state index in [1.807, 2.05) is 0 Å². The highest BCUT2D eigenvalue weighted by atomic mass is 16.5. The van der Waals surface area contributed by atoms with Crippen molar-refractivity contribution in [1.29, 1.82) is 0 Å². The lowest BCUT2D eigenvalue weighted by Gasteiger charge is -2.09. The quantitative estimate of drug-likeness (QED) is 0.707. The molecule has 82 valence electrons. The molecule has 0 saturated heterocycles. The Balaban J connectivity index is 3.23. The summed E-state index contributed by atoms with van der Waals surface area (Å²) in [6.07, 6.45) is -0.285. The van der Waals surface area contributed by atoms with E-state index in [9.17, 15) is 4.79 Å². The Kier molecular flexibility index (Phi) is 3.27. The normalized spacial score (nSPS) is 9.73. The van der Waals surface area contributed by atoms with Gasteiger partial charge >= 0.3 is 5.97 Å². The maximum absolute atomic E-state index is 10.6. The van der Waals surface area contributed by atoms with Crippen molar-refractivity contribution in [3.63, 3.8) is 0 Å². The van der Waals surface area contributed by atoms with E-state index in [1.54, 1.807) is 0 Å². The molecule has 0 aromatic carbocycles. The fraction of sp³-hybridized carbons (Fsp3) is 0.375. The van der Waals surface area contributed by atoms with Gasteiger partial charge in [0.15, 0.2) is 0 Å². The second-order valence-electron chi connectivity index (χ2n) is 2.65. The van der Waals surface area contributed by atoms with E-state index in [4.69, 9.17) is 20.3 Å². The van der Waals surface area contributed by atoms with Crippen LogP contribution in [0.5, 0.6) is 11.8 Å². The Hall–Kier alpha value is -2.05. The van der Waals surface area contributed by atoms with E-state index in [1.165, 1.54) is 14.2 Å². The largest absolute Gasteiger partial charge is 0.481 e. The van der Waals surface area contributed by atoms with Crippen molar-refractivity contribution < 1.29 is 19.4 Å². The molecule has 1 heterocycles. The number of hydrogen-bond acceptors (Lipinski definition) is 6. The summed E-state index contributed by atoms with van der Waals surface area (Å²) in [6.45, 7) is 0. The van der Waals surface area contributed by atoms with Gasteiger partial charge in [0.05, 0.1) is 26.2 Å². The van der Waals surface area contributed by atoms with Crippen molar-refractivity contribution in [2.75, 3.05) is 20.0 Å². The average Bonchev–Trinajstić information content (AvgIpc) is 2.19. The van der Waals surface area contributed by atoms with Crippen LogP contribution in [0, 0.1) is 0 Å². The predicted octanol–water partition coefficient (Wildman–Crippen LogP) is -0.297. The van der Waals surface area contributed by atoms with Crippen LogP contribution in [0.1, 0.15) is 5.56 Å². The summed E-state index contributed by atoms with van der Waals surface area (Å²) in [5.74, 6) is -0.832. The zero-order valence-electron chi connectivity index (χ0n) is 8.35. The molecule has 0 aliphatic rings. The summed E-state index contributed by atoms with van der Waals surface area (Å²) in [5, 5.41) is 8.68. The first-order valence-electron chi connectivity index (χ1n) is 4.04. The van der Waals surface area contributed by atoms with Crippen LogP contribution in [-0.4, -0.2) is 35.3 Å². The number of hydrogen-bond donors (Lipinski definition) is 2. The molecule has 1 rings (SSSR count). The Morgan fingerprint density at radius 1 is 1.33 bits per heavy atom. The third kappa shape index (κ3) is 2.46. The number of rotatable bonds is 4. The van der Waals surface area contributed by atoms with E-state index < -0.39 is 5.97 Å². The molecule has 1 aromatic heterocycles. The smallest absolute Gasteiger partial charge is 0.308 e. The molecule has 0 fully saturated rings. The summed E-state index contributed by atoms with van der Waals surface area (Å²) >= 11 is 0. The lowest BCUT2D eigenvalue weighted by Crippen LogP contribution is -2.09. The second-order valence-corrected chi connectivity index (χ2v) is 2.65. The van der Waals surface area contributed by atoms with Gasteiger partial charge in [0, 0.05) is 0 Å². The molecule has 7 nitrogen and oxygen atoms in total. The standard InChI is InChI=1S/C8H11N3O4/c1-14-6-4(3-5(12)13)7(15-2)11-8(9)10-6/h3H2,1-2H3,(H,12,13)(H2,9,10,11). The summed E-state index contributed by atoms with van der Waals surface area (Å²) in [5.41, 5.74) is 5.65. The third-order valence-corrected chi connectivity index (χ3v) is 1.66. The van der Waals surface area contributed by atoms with Gasteiger partial charge < -0.3 is 20.3 Å². The number of nitrogen functional groups attached to an aromatic ring is 1. The zero-order valence-corrected chi connectivity index (χ0v) is 8.35. The number of aliphatic carboxylic acids is 1. The van der Waals surface area contributed by atoms with Crippen LogP contribution in [0.4, 0.5) is 5.95 Å². The maximum atomic E-state index is 10.6. The van der Waals surface area contributed by atoms with Gasteiger partial charge in [0.1, 0.15) is 0 Å². The zero-order chi connectivity index (χ0) is 11.4. The van der Waals surface area contributed by atoms with Gasteiger partial charge in [-0.3, -0.25) is 4.79 Å². The molecule has 0 saturated carbocycles. The predicted molar refractivity (Wildman–Crippen MR) is 50.9 cm³/mol. The van der Waals surface area contributed by atoms with Crippen LogP contribution in [0.15, 0.2) is 0 Å². The fourth-order valence-electron chi connectivity index (χ4n) is 1.10. The van der Waals surface area contributed by atoms with E-state index in [2.05, 4.69) is 9.97 Å². The molecule has 0 bridgehead atoms. The number of carboxylic acids is 1. The third-order valence-electron chi connectivity index (χ3n) is 1.66. The van der Waals surface area contributed by atoms with Gasteiger partial charge in [-0.1, -0.05) is 0 Å². The van der Waals surface area contributed by atoms with Crippen LogP contribution in [-0.2, 0) is 11.2 Å². The van der Waals surface area contributed by atoms with Gasteiger partial charge in [-0.15, -0.1) is 0 Å². The molecule has 0 aliphatic heterocycles. The van der Waals surface area contributed by atoms with Crippen molar-refractivity contribution in [3.8, 4) is 11.8 Å². The SMILES string of the molecule is COc1nc(N)nc(OC)c1CC(=O)O. The molecular formula is C8H11N3O4. The molecule has 15 heavy (non-hydrogen) atoms. The van der Waals surface area contributed by atoms with Gasteiger partial charge in [-0.05, 0) is 0 Å². The monoisotopic (exact) mass is 213 g/mol. The van der Waals surface area contributed by atoms with Crippen molar-refractivity contribution in [2.24, 2.45) is 0 Å². The summed E-state index contributed by atoms with van der Waals surface area (Å²) in [7, 11) is 2.74. The molecular weight excluding hydrogens is 202 g/mol. The number of aromatic nitrogens is 2. The van der Waals surface area contributed by atoms with Crippen molar-refractivity contribution in [1.82, 2.24) is 9.97 Å². The van der Waals surface area contributed by atoms with Crippen LogP contribution >= 0.6 is 0 Å². The molecule has 0 atom stereocenters. The highest BCUT2D eigenvalue weighted by Gasteiger charge is 2.17. The first kappa shape index (κ1) is 11.0. The minimum Gasteiger partial charge on any atom is -0.481 e. The number of carbonyl (C=O) groups is 1. The first-order chi connectivity index (χ1) is 7.08. The Morgan fingerprint density at radius 2 is 1.80 bits per heavy atom. The van der Waals surface area contributed by atoms with E-state index in [0.29, 0.717) is 0 Å². The first-order valence-corrected chi connectivity index (χ1v) is 4.04.